The first-order valence-electron chi connectivity index (χ1n) is 3.73. The SMILES string of the molecule is C[CH]CCC(F)CCC. The molecule has 0 N–H and O–H groups in total. The van der Waals surface area contributed by atoms with Gasteiger partial charge in [-0.25, -0.2) is 4.39 Å². The van der Waals surface area contributed by atoms with Gasteiger partial charge in [0.15, 0.2) is 0 Å². The van der Waals surface area contributed by atoms with Crippen molar-refractivity contribution < 1.29 is 4.39 Å². The van der Waals surface area contributed by atoms with E-state index in [1.165, 1.54) is 0 Å². The molecule has 0 fully saturated rings. The number of alkyl halides is 1. The summed E-state index contributed by atoms with van der Waals surface area (Å²) in [6, 6.07) is 0. The van der Waals surface area contributed by atoms with Crippen molar-refractivity contribution in [3.05, 3.63) is 6.42 Å². The van der Waals surface area contributed by atoms with E-state index in [0.717, 1.165) is 19.3 Å². The van der Waals surface area contributed by atoms with Crippen LogP contribution in [0.2, 0.25) is 0 Å². The molecule has 0 nitrogen and oxygen atoms in total. The molecule has 0 aliphatic rings. The van der Waals surface area contributed by atoms with Crippen molar-refractivity contribution in [1.29, 1.82) is 0 Å². The molecule has 0 saturated carbocycles. The van der Waals surface area contributed by atoms with E-state index in [9.17, 15) is 4.39 Å². The van der Waals surface area contributed by atoms with Crippen LogP contribution in [-0.2, 0) is 0 Å². The number of hydrogen-bond acceptors (Lipinski definition) is 0. The van der Waals surface area contributed by atoms with Gasteiger partial charge < -0.3 is 0 Å². The van der Waals surface area contributed by atoms with Gasteiger partial charge in [-0.1, -0.05) is 20.3 Å². The Morgan fingerprint density at radius 3 is 2.56 bits per heavy atom. The Bertz CT molecular complexity index is 52.5. The molecule has 9 heavy (non-hydrogen) atoms. The topological polar surface area (TPSA) is 0 Å². The van der Waals surface area contributed by atoms with Gasteiger partial charge in [0.25, 0.3) is 0 Å². The van der Waals surface area contributed by atoms with Crippen LogP contribution in [0.4, 0.5) is 4.39 Å². The lowest BCUT2D eigenvalue weighted by atomic mass is 10.1. The Morgan fingerprint density at radius 2 is 2.11 bits per heavy atom. The highest BCUT2D eigenvalue weighted by Crippen LogP contribution is 2.09. The summed E-state index contributed by atoms with van der Waals surface area (Å²) in [5.74, 6) is 0. The van der Waals surface area contributed by atoms with Gasteiger partial charge in [0, 0.05) is 0 Å². The quantitative estimate of drug-likeness (QED) is 0.537. The molecule has 0 amide bonds. The highest BCUT2D eigenvalue weighted by molar-refractivity contribution is 4.61. The second kappa shape index (κ2) is 6.06. The van der Waals surface area contributed by atoms with Crippen molar-refractivity contribution in [2.45, 2.75) is 45.7 Å². The van der Waals surface area contributed by atoms with Crippen molar-refractivity contribution in [1.82, 2.24) is 0 Å². The van der Waals surface area contributed by atoms with E-state index in [4.69, 9.17) is 0 Å². The smallest absolute Gasteiger partial charge is 0.100 e. The Morgan fingerprint density at radius 1 is 1.44 bits per heavy atom. The molecule has 0 aliphatic heterocycles. The average molecular weight is 131 g/mol. The maximum absolute atomic E-state index is 12.6. The van der Waals surface area contributed by atoms with Crippen LogP contribution in [0.5, 0.6) is 0 Å². The summed E-state index contributed by atoms with van der Waals surface area (Å²) >= 11 is 0. The maximum atomic E-state index is 12.6. The Kier molecular flexibility index (Phi) is 6.01. The van der Waals surface area contributed by atoms with Gasteiger partial charge in [-0.15, -0.1) is 0 Å². The Labute approximate surface area is 57.5 Å². The molecule has 1 atom stereocenters. The molecule has 0 aromatic heterocycles. The molecular formula is C8H16F. The van der Waals surface area contributed by atoms with Gasteiger partial charge in [0.2, 0.25) is 0 Å². The van der Waals surface area contributed by atoms with Crippen molar-refractivity contribution in [3.63, 3.8) is 0 Å². The summed E-state index contributed by atoms with van der Waals surface area (Å²) < 4.78 is 12.6. The zero-order valence-electron chi connectivity index (χ0n) is 6.36. The van der Waals surface area contributed by atoms with Gasteiger partial charge in [0.05, 0.1) is 0 Å². The summed E-state index contributed by atoms with van der Waals surface area (Å²) in [4.78, 5) is 0. The van der Waals surface area contributed by atoms with Gasteiger partial charge in [-0.3, -0.25) is 0 Å². The van der Waals surface area contributed by atoms with Gasteiger partial charge in [-0.05, 0) is 25.7 Å². The number of unbranched alkanes of at least 4 members (excludes halogenated alkanes) is 1. The predicted molar refractivity (Wildman–Crippen MR) is 39.0 cm³/mol. The van der Waals surface area contributed by atoms with Crippen LogP contribution in [0, 0.1) is 6.42 Å². The van der Waals surface area contributed by atoms with Crippen LogP contribution in [0.25, 0.3) is 0 Å². The van der Waals surface area contributed by atoms with Crippen LogP contribution in [0.3, 0.4) is 0 Å². The fourth-order valence-corrected chi connectivity index (χ4v) is 0.805. The fraction of sp³-hybridized carbons (Fsp3) is 0.875. The molecule has 0 spiro atoms. The summed E-state index contributed by atoms with van der Waals surface area (Å²) in [5, 5.41) is 0. The van der Waals surface area contributed by atoms with E-state index in [1.807, 2.05) is 20.3 Å². The summed E-state index contributed by atoms with van der Waals surface area (Å²) in [6.07, 6.45) is 4.78. The highest BCUT2D eigenvalue weighted by Gasteiger charge is 2.01. The first kappa shape index (κ1) is 8.93. The molecule has 0 heterocycles. The molecule has 0 rings (SSSR count). The van der Waals surface area contributed by atoms with Crippen LogP contribution in [0.15, 0.2) is 0 Å². The minimum atomic E-state index is -0.564. The highest BCUT2D eigenvalue weighted by atomic mass is 19.1. The van der Waals surface area contributed by atoms with E-state index in [-0.39, 0.29) is 0 Å². The van der Waals surface area contributed by atoms with E-state index in [0.29, 0.717) is 6.42 Å². The molecule has 0 aliphatic carbocycles. The van der Waals surface area contributed by atoms with Crippen molar-refractivity contribution in [3.8, 4) is 0 Å². The average Bonchev–Trinajstić information content (AvgIpc) is 1.85. The minimum Gasteiger partial charge on any atom is -0.247 e. The van der Waals surface area contributed by atoms with Gasteiger partial charge in [-0.2, -0.15) is 0 Å². The lowest BCUT2D eigenvalue weighted by Crippen LogP contribution is -1.97. The molecule has 0 aromatic carbocycles. The van der Waals surface area contributed by atoms with Gasteiger partial charge >= 0.3 is 0 Å². The lowest BCUT2D eigenvalue weighted by Gasteiger charge is -2.03. The molecule has 55 valence electrons. The van der Waals surface area contributed by atoms with Crippen molar-refractivity contribution in [2.24, 2.45) is 0 Å². The largest absolute Gasteiger partial charge is 0.247 e. The zero-order chi connectivity index (χ0) is 7.11. The monoisotopic (exact) mass is 131 g/mol. The third-order valence-electron chi connectivity index (χ3n) is 1.37. The molecule has 0 bridgehead atoms. The molecule has 1 radical (unpaired) electrons. The normalized spacial score (nSPS) is 13.7. The number of rotatable bonds is 5. The first-order chi connectivity index (χ1) is 4.31. The standard InChI is InChI=1S/C8H16F/c1-3-5-7-8(9)6-4-2/h3,8H,4-7H2,1-2H3. The summed E-state index contributed by atoms with van der Waals surface area (Å²) in [6.45, 7) is 3.99. The van der Waals surface area contributed by atoms with Crippen LogP contribution < -0.4 is 0 Å². The zero-order valence-corrected chi connectivity index (χ0v) is 6.36. The number of hydrogen-bond donors (Lipinski definition) is 0. The molecule has 1 unspecified atom stereocenters. The van der Waals surface area contributed by atoms with Crippen LogP contribution in [0.1, 0.15) is 39.5 Å². The van der Waals surface area contributed by atoms with E-state index >= 15 is 0 Å². The molecule has 1 heteroatoms. The summed E-state index contributed by atoms with van der Waals surface area (Å²) in [7, 11) is 0. The van der Waals surface area contributed by atoms with Gasteiger partial charge in [0.1, 0.15) is 6.17 Å². The van der Waals surface area contributed by atoms with E-state index in [2.05, 4.69) is 0 Å². The van der Waals surface area contributed by atoms with Crippen LogP contribution in [-0.4, -0.2) is 6.17 Å². The lowest BCUT2D eigenvalue weighted by molar-refractivity contribution is 0.293. The number of halogens is 1. The maximum Gasteiger partial charge on any atom is 0.100 e. The van der Waals surface area contributed by atoms with E-state index in [1.54, 1.807) is 0 Å². The Hall–Kier alpha value is -0.0700. The minimum absolute atomic E-state index is 0.564. The molecular weight excluding hydrogens is 115 g/mol. The Balaban J connectivity index is 2.95. The third-order valence-corrected chi connectivity index (χ3v) is 1.37. The van der Waals surface area contributed by atoms with Crippen molar-refractivity contribution >= 4 is 0 Å². The molecule has 0 aromatic rings. The first-order valence-corrected chi connectivity index (χ1v) is 3.73. The second-order valence-corrected chi connectivity index (χ2v) is 2.37. The van der Waals surface area contributed by atoms with Crippen molar-refractivity contribution in [2.75, 3.05) is 0 Å². The van der Waals surface area contributed by atoms with E-state index < -0.39 is 6.17 Å². The predicted octanol–water partition coefficient (Wildman–Crippen LogP) is 3.13. The molecule has 0 saturated heterocycles. The summed E-state index contributed by atoms with van der Waals surface area (Å²) in [5.41, 5.74) is 0. The fourth-order valence-electron chi connectivity index (χ4n) is 0.805. The van der Waals surface area contributed by atoms with Crippen LogP contribution >= 0.6 is 0 Å². The third kappa shape index (κ3) is 5.81. The second-order valence-electron chi connectivity index (χ2n) is 2.37.